The van der Waals surface area contributed by atoms with Gasteiger partial charge in [0.2, 0.25) is 11.8 Å². The number of urea groups is 1. The summed E-state index contributed by atoms with van der Waals surface area (Å²) in [5.74, 6) is 0.135. The van der Waals surface area contributed by atoms with Crippen molar-refractivity contribution in [3.8, 4) is 5.88 Å². The largest absolute Gasteiger partial charge is 0.481 e. The Kier molecular flexibility index (Phi) is 7.11. The van der Waals surface area contributed by atoms with Crippen LogP contribution in [0.1, 0.15) is 13.8 Å². The van der Waals surface area contributed by atoms with E-state index in [0.717, 1.165) is 18.8 Å². The molecule has 0 saturated carbocycles. The molecule has 30 heavy (non-hydrogen) atoms. The Hall–Kier alpha value is -3.29. The van der Waals surface area contributed by atoms with Crippen molar-refractivity contribution in [2.45, 2.75) is 19.9 Å². The number of methoxy groups -OCH3 is 1. The molecule has 1 fully saturated rings. The molecule has 0 radical (unpaired) electrons. The van der Waals surface area contributed by atoms with Crippen molar-refractivity contribution < 1.29 is 14.3 Å². The lowest BCUT2D eigenvalue weighted by molar-refractivity contribution is -0.118. The zero-order valence-electron chi connectivity index (χ0n) is 17.7. The molecule has 1 saturated heterocycles. The van der Waals surface area contributed by atoms with Crippen LogP contribution in [0.5, 0.6) is 5.88 Å². The summed E-state index contributed by atoms with van der Waals surface area (Å²) >= 11 is 0. The first kappa shape index (κ1) is 21.4. The Labute approximate surface area is 177 Å². The summed E-state index contributed by atoms with van der Waals surface area (Å²) in [6.07, 6.45) is 1.53. The lowest BCUT2D eigenvalue weighted by Gasteiger charge is -2.37. The van der Waals surface area contributed by atoms with Gasteiger partial charge < -0.3 is 25.2 Å². The highest BCUT2D eigenvalue weighted by Crippen LogP contribution is 2.16. The minimum absolute atomic E-state index is 0.0641. The van der Waals surface area contributed by atoms with Gasteiger partial charge in [-0.3, -0.25) is 4.79 Å². The van der Waals surface area contributed by atoms with Gasteiger partial charge in [0.1, 0.15) is 6.04 Å². The number of piperazine rings is 1. The first-order valence-corrected chi connectivity index (χ1v) is 10.1. The van der Waals surface area contributed by atoms with Crippen molar-refractivity contribution in [3.63, 3.8) is 0 Å². The number of carbonyl (C=O) groups excluding carboxylic acids is 2. The molecule has 8 heteroatoms. The summed E-state index contributed by atoms with van der Waals surface area (Å²) in [5, 5.41) is 5.71. The van der Waals surface area contributed by atoms with Gasteiger partial charge >= 0.3 is 6.03 Å². The van der Waals surface area contributed by atoms with E-state index >= 15 is 0 Å². The van der Waals surface area contributed by atoms with E-state index in [1.807, 2.05) is 32.0 Å². The number of ether oxygens (including phenoxy) is 1. The van der Waals surface area contributed by atoms with E-state index < -0.39 is 6.04 Å². The van der Waals surface area contributed by atoms with Crippen LogP contribution in [0.15, 0.2) is 48.7 Å². The number of hydrogen-bond donors (Lipinski definition) is 2. The van der Waals surface area contributed by atoms with E-state index in [0.29, 0.717) is 24.7 Å². The number of anilines is 2. The molecule has 1 aromatic carbocycles. The average molecular weight is 412 g/mol. The van der Waals surface area contributed by atoms with E-state index in [4.69, 9.17) is 4.74 Å². The molecule has 1 aliphatic heterocycles. The normalized spacial score (nSPS) is 14.9. The van der Waals surface area contributed by atoms with Crippen molar-refractivity contribution in [2.75, 3.05) is 43.5 Å². The summed E-state index contributed by atoms with van der Waals surface area (Å²) < 4.78 is 5.03. The number of nitrogens with one attached hydrogen (secondary N) is 2. The lowest BCUT2D eigenvalue weighted by Crippen LogP contribution is -2.56. The van der Waals surface area contributed by atoms with Gasteiger partial charge in [0.15, 0.2) is 0 Å². The second-order valence-corrected chi connectivity index (χ2v) is 7.56. The van der Waals surface area contributed by atoms with Crippen LogP contribution in [0.4, 0.5) is 16.2 Å². The number of carbonyl (C=O) groups is 2. The number of hydrogen-bond acceptors (Lipinski definition) is 5. The van der Waals surface area contributed by atoms with Gasteiger partial charge in [-0.2, -0.15) is 0 Å². The van der Waals surface area contributed by atoms with Gasteiger partial charge in [0.25, 0.3) is 0 Å². The third-order valence-corrected chi connectivity index (χ3v) is 5.13. The third kappa shape index (κ3) is 5.40. The Morgan fingerprint density at radius 2 is 1.73 bits per heavy atom. The molecule has 3 amide bonds. The quantitative estimate of drug-likeness (QED) is 0.763. The molecule has 3 rings (SSSR count). The topological polar surface area (TPSA) is 86.8 Å². The monoisotopic (exact) mass is 411 g/mol. The fraction of sp³-hybridized carbons (Fsp3) is 0.409. The third-order valence-electron chi connectivity index (χ3n) is 5.13. The molecule has 1 aromatic heterocycles. The highest BCUT2D eigenvalue weighted by Gasteiger charge is 2.28. The van der Waals surface area contributed by atoms with Crippen LogP contribution >= 0.6 is 0 Å². The van der Waals surface area contributed by atoms with Crippen LogP contribution in [-0.4, -0.2) is 61.2 Å². The van der Waals surface area contributed by atoms with E-state index in [1.54, 1.807) is 17.0 Å². The molecule has 1 atom stereocenters. The molecule has 0 bridgehead atoms. The second-order valence-electron chi connectivity index (χ2n) is 7.56. The standard InChI is InChI=1S/C22H29N5O3/c1-16(2)20(21(28)24-17-9-10-19(30-3)23-15-17)25-22(29)27-13-11-26(12-14-27)18-7-5-4-6-8-18/h4-10,15-16,20H,11-14H2,1-3H3,(H,24,28)(H,25,29)/t20-/m1/s1. The Bertz CT molecular complexity index is 834. The number of rotatable bonds is 6. The van der Waals surface area contributed by atoms with Gasteiger partial charge in [-0.25, -0.2) is 9.78 Å². The van der Waals surface area contributed by atoms with Crippen molar-refractivity contribution in [2.24, 2.45) is 5.92 Å². The SMILES string of the molecule is COc1ccc(NC(=O)[C@H](NC(=O)N2CCN(c3ccccc3)CC2)C(C)C)cn1. The number of aromatic nitrogens is 1. The molecule has 8 nitrogen and oxygen atoms in total. The zero-order chi connectivity index (χ0) is 21.5. The van der Waals surface area contributed by atoms with Crippen molar-refractivity contribution in [1.82, 2.24) is 15.2 Å². The molecule has 2 N–H and O–H groups in total. The maximum atomic E-state index is 12.8. The summed E-state index contributed by atoms with van der Waals surface area (Å²) in [7, 11) is 1.53. The molecule has 160 valence electrons. The van der Waals surface area contributed by atoms with Gasteiger partial charge in [0.05, 0.1) is 19.0 Å². The molecule has 1 aliphatic rings. The summed E-state index contributed by atoms with van der Waals surface area (Å²) in [5.41, 5.74) is 1.71. The second kappa shape index (κ2) is 9.96. The van der Waals surface area contributed by atoms with Crippen LogP contribution in [0, 0.1) is 5.92 Å². The van der Waals surface area contributed by atoms with Gasteiger partial charge in [-0.1, -0.05) is 32.0 Å². The molecule has 0 aliphatic carbocycles. The highest BCUT2D eigenvalue weighted by molar-refractivity contribution is 5.97. The predicted octanol–water partition coefficient (Wildman–Crippen LogP) is 2.59. The van der Waals surface area contributed by atoms with Gasteiger partial charge in [0, 0.05) is 37.9 Å². The van der Waals surface area contributed by atoms with E-state index in [9.17, 15) is 9.59 Å². The van der Waals surface area contributed by atoms with Crippen LogP contribution in [0.25, 0.3) is 0 Å². The summed E-state index contributed by atoms with van der Waals surface area (Å²) in [6, 6.07) is 12.7. The van der Waals surface area contributed by atoms with E-state index in [2.05, 4.69) is 32.7 Å². The predicted molar refractivity (Wildman–Crippen MR) is 117 cm³/mol. The first-order valence-electron chi connectivity index (χ1n) is 10.1. The Morgan fingerprint density at radius 3 is 2.30 bits per heavy atom. The molecular formula is C22H29N5O3. The first-order chi connectivity index (χ1) is 14.5. The fourth-order valence-electron chi connectivity index (χ4n) is 3.36. The maximum Gasteiger partial charge on any atom is 0.318 e. The number of pyridine rings is 1. The lowest BCUT2D eigenvalue weighted by atomic mass is 10.0. The summed E-state index contributed by atoms with van der Waals surface area (Å²) in [6.45, 7) is 6.54. The Morgan fingerprint density at radius 1 is 1.03 bits per heavy atom. The smallest absolute Gasteiger partial charge is 0.318 e. The highest BCUT2D eigenvalue weighted by atomic mass is 16.5. The molecule has 2 heterocycles. The van der Waals surface area contributed by atoms with Gasteiger partial charge in [-0.15, -0.1) is 0 Å². The van der Waals surface area contributed by atoms with Crippen molar-refractivity contribution in [1.29, 1.82) is 0 Å². The molecule has 0 unspecified atom stereocenters. The number of nitrogens with zero attached hydrogens (tertiary/aromatic N) is 3. The molecule has 2 aromatic rings. The molecule has 0 spiro atoms. The number of para-hydroxylation sites is 1. The Balaban J connectivity index is 1.55. The molecular weight excluding hydrogens is 382 g/mol. The zero-order valence-corrected chi connectivity index (χ0v) is 17.7. The van der Waals surface area contributed by atoms with Crippen LogP contribution in [0.3, 0.4) is 0 Å². The van der Waals surface area contributed by atoms with Crippen molar-refractivity contribution in [3.05, 3.63) is 48.7 Å². The van der Waals surface area contributed by atoms with Crippen LogP contribution < -0.4 is 20.3 Å². The average Bonchev–Trinajstić information content (AvgIpc) is 2.78. The summed E-state index contributed by atoms with van der Waals surface area (Å²) in [4.78, 5) is 33.6. The van der Waals surface area contributed by atoms with Crippen LogP contribution in [0.2, 0.25) is 0 Å². The maximum absolute atomic E-state index is 12.8. The van der Waals surface area contributed by atoms with Gasteiger partial charge in [-0.05, 0) is 24.1 Å². The number of amides is 3. The van der Waals surface area contributed by atoms with E-state index in [-0.39, 0.29) is 17.9 Å². The number of benzene rings is 1. The minimum atomic E-state index is -0.647. The van der Waals surface area contributed by atoms with E-state index in [1.165, 1.54) is 13.3 Å². The van der Waals surface area contributed by atoms with Crippen molar-refractivity contribution >= 4 is 23.3 Å². The van der Waals surface area contributed by atoms with Crippen LogP contribution in [-0.2, 0) is 4.79 Å². The fourth-order valence-corrected chi connectivity index (χ4v) is 3.36. The minimum Gasteiger partial charge on any atom is -0.481 e.